The van der Waals surface area contributed by atoms with Crippen LogP contribution >= 0.6 is 0 Å². The predicted octanol–water partition coefficient (Wildman–Crippen LogP) is 0.266. The largest absolute Gasteiger partial charge is 0.379 e. The number of benzene rings is 1. The Kier molecular flexibility index (Phi) is 19.4. The highest BCUT2D eigenvalue weighted by Crippen LogP contribution is 2.11. The van der Waals surface area contributed by atoms with E-state index >= 15 is 0 Å². The smallest absolute Gasteiger partial charge is 0.280 e. The number of nitrogens with two attached hydrogens (primary N) is 1. The van der Waals surface area contributed by atoms with E-state index in [4.69, 9.17) is 40.6 Å². The molecule has 0 saturated carbocycles. The monoisotopic (exact) mass is 698 g/mol. The zero-order chi connectivity index (χ0) is 35.7. The number of aromatic nitrogens is 4. The van der Waals surface area contributed by atoms with E-state index in [1.807, 2.05) is 0 Å². The van der Waals surface area contributed by atoms with Crippen LogP contribution in [0.3, 0.4) is 0 Å². The number of carbonyl (C=O) groups excluding carboxylic acids is 2. The van der Waals surface area contributed by atoms with Gasteiger partial charge in [-0.15, -0.1) is 6.42 Å². The summed E-state index contributed by atoms with van der Waals surface area (Å²) in [5.74, 6) is 2.01. The third kappa shape index (κ3) is 16.6. The lowest BCUT2D eigenvalue weighted by Gasteiger charge is -2.09. The van der Waals surface area contributed by atoms with Crippen molar-refractivity contribution in [1.82, 2.24) is 30.6 Å². The topological polar surface area (TPSA) is 223 Å². The molecule has 0 atom stereocenters. The van der Waals surface area contributed by atoms with E-state index in [-0.39, 0.29) is 42.0 Å². The first-order valence-corrected chi connectivity index (χ1v) is 16.3. The van der Waals surface area contributed by atoms with Gasteiger partial charge in [0.15, 0.2) is 11.2 Å². The average molecular weight is 699 g/mol. The molecule has 1 aromatic carbocycles. The maximum absolute atomic E-state index is 12.5. The number of anilines is 2. The van der Waals surface area contributed by atoms with Crippen LogP contribution in [-0.2, 0) is 39.8 Å². The number of aromatic amines is 1. The lowest BCUT2D eigenvalue weighted by molar-refractivity contribution is -0.121. The summed E-state index contributed by atoms with van der Waals surface area (Å²) in [6.45, 7) is 6.30. The van der Waals surface area contributed by atoms with Crippen LogP contribution in [0.1, 0.15) is 28.9 Å². The summed E-state index contributed by atoms with van der Waals surface area (Å²) in [7, 11) is 0. The van der Waals surface area contributed by atoms with Crippen LogP contribution in [0.15, 0.2) is 35.3 Å². The average Bonchev–Trinajstić information content (AvgIpc) is 3.12. The van der Waals surface area contributed by atoms with Crippen molar-refractivity contribution in [3.63, 3.8) is 0 Å². The second-order valence-electron chi connectivity index (χ2n) is 10.4. The summed E-state index contributed by atoms with van der Waals surface area (Å²) < 4.78 is 32.2. The molecule has 2 heterocycles. The maximum atomic E-state index is 12.5. The van der Waals surface area contributed by atoms with Gasteiger partial charge in [0, 0.05) is 30.8 Å². The zero-order valence-corrected chi connectivity index (χ0v) is 28.1. The van der Waals surface area contributed by atoms with Gasteiger partial charge in [-0.25, -0.2) is 9.97 Å². The molecule has 0 radical (unpaired) electrons. The Morgan fingerprint density at radius 2 is 1.40 bits per heavy atom. The number of H-pyrrole nitrogens is 1. The molecule has 6 N–H and O–H groups in total. The first kappa shape index (κ1) is 39.7. The number of carbonyl (C=O) groups is 2. The van der Waals surface area contributed by atoms with Gasteiger partial charge < -0.3 is 50.1 Å². The van der Waals surface area contributed by atoms with Gasteiger partial charge in [-0.3, -0.25) is 19.4 Å². The number of hydrogen-bond acceptors (Lipinski definition) is 14. The molecule has 3 rings (SSSR count). The lowest BCUT2D eigenvalue weighted by Crippen LogP contribution is -2.29. The predicted molar refractivity (Wildman–Crippen MR) is 184 cm³/mol. The molecular weight excluding hydrogens is 652 g/mol. The summed E-state index contributed by atoms with van der Waals surface area (Å²) in [6, 6.07) is 6.89. The highest BCUT2D eigenvalue weighted by atomic mass is 16.6. The van der Waals surface area contributed by atoms with Crippen molar-refractivity contribution in [2.24, 2.45) is 0 Å². The first-order valence-electron chi connectivity index (χ1n) is 16.3. The number of nitrogens with zero attached hydrogens (tertiary/aromatic N) is 3. The van der Waals surface area contributed by atoms with Crippen molar-refractivity contribution in [3.8, 4) is 12.3 Å². The Hall–Kier alpha value is -4.70. The molecule has 2 amide bonds. The second-order valence-corrected chi connectivity index (χ2v) is 10.4. The molecule has 0 saturated heterocycles. The van der Waals surface area contributed by atoms with E-state index in [2.05, 4.69) is 41.8 Å². The zero-order valence-electron chi connectivity index (χ0n) is 28.1. The van der Waals surface area contributed by atoms with E-state index in [0.717, 1.165) is 5.69 Å². The van der Waals surface area contributed by atoms with E-state index in [9.17, 15) is 14.4 Å². The van der Waals surface area contributed by atoms with Crippen LogP contribution in [0, 0.1) is 12.3 Å². The number of nitrogen functional groups attached to an aromatic ring is 1. The summed E-state index contributed by atoms with van der Waals surface area (Å²) in [4.78, 5) is 51.4. The molecule has 0 aliphatic carbocycles. The highest BCUT2D eigenvalue weighted by Gasteiger charge is 2.09. The highest BCUT2D eigenvalue weighted by molar-refractivity contribution is 5.94. The summed E-state index contributed by atoms with van der Waals surface area (Å²) >= 11 is 0. The number of nitrogens with one attached hydrogen (secondary N) is 4. The quantitative estimate of drug-likeness (QED) is 0.0533. The molecule has 50 heavy (non-hydrogen) atoms. The Balaban J connectivity index is 1.10. The van der Waals surface area contributed by atoms with Crippen molar-refractivity contribution in [2.45, 2.75) is 19.4 Å². The van der Waals surface area contributed by atoms with Crippen molar-refractivity contribution in [2.75, 3.05) is 103 Å². The van der Waals surface area contributed by atoms with Crippen LogP contribution < -0.4 is 27.2 Å². The second kappa shape index (κ2) is 24.4. The van der Waals surface area contributed by atoms with E-state index < -0.39 is 5.56 Å². The Morgan fingerprint density at radius 3 is 2.02 bits per heavy atom. The van der Waals surface area contributed by atoms with Gasteiger partial charge in [-0.2, -0.15) is 4.98 Å². The minimum Gasteiger partial charge on any atom is -0.379 e. The van der Waals surface area contributed by atoms with Gasteiger partial charge in [-0.1, -0.05) is 5.92 Å². The van der Waals surface area contributed by atoms with E-state index in [1.165, 1.54) is 6.20 Å². The molecule has 17 heteroatoms. The van der Waals surface area contributed by atoms with Crippen LogP contribution in [0.4, 0.5) is 11.6 Å². The number of fused-ring (bicyclic) bond motifs is 1. The lowest BCUT2D eigenvalue weighted by atomic mass is 10.2. The fourth-order valence-electron chi connectivity index (χ4n) is 4.12. The SMILES string of the molecule is C#CCOCCOCCOCCOCCOCCOCCNC(=O)CCCNC(=O)c1ccc(NCc2cnc3nc(N)[nH]c(=O)c3n2)cc1. The van der Waals surface area contributed by atoms with Gasteiger partial charge in [0.25, 0.3) is 11.5 Å². The fourth-order valence-corrected chi connectivity index (χ4v) is 4.12. The summed E-state index contributed by atoms with van der Waals surface area (Å²) in [5, 5.41) is 8.78. The number of hydrogen-bond donors (Lipinski definition) is 5. The molecule has 17 nitrogen and oxygen atoms in total. The molecule has 0 unspecified atom stereocenters. The van der Waals surface area contributed by atoms with Gasteiger partial charge in [0.2, 0.25) is 11.9 Å². The Labute approximate surface area is 290 Å². The van der Waals surface area contributed by atoms with Crippen molar-refractivity contribution in [1.29, 1.82) is 0 Å². The molecule has 0 aliphatic rings. The summed E-state index contributed by atoms with van der Waals surface area (Å²) in [6.07, 6.45) is 7.36. The van der Waals surface area contributed by atoms with Crippen molar-refractivity contribution in [3.05, 3.63) is 52.1 Å². The van der Waals surface area contributed by atoms with E-state index in [1.54, 1.807) is 24.3 Å². The van der Waals surface area contributed by atoms with Gasteiger partial charge in [0.05, 0.1) is 91.1 Å². The van der Waals surface area contributed by atoms with Crippen LogP contribution in [0.25, 0.3) is 11.2 Å². The number of ether oxygens (including phenoxy) is 6. The number of amides is 2. The molecule has 3 aromatic rings. The molecule has 0 fully saturated rings. The van der Waals surface area contributed by atoms with Crippen molar-refractivity contribution >= 4 is 34.6 Å². The molecule has 0 bridgehead atoms. The Morgan fingerprint density at radius 1 is 0.800 bits per heavy atom. The minimum atomic E-state index is -0.461. The molecule has 0 aliphatic heterocycles. The van der Waals surface area contributed by atoms with Crippen LogP contribution in [0.2, 0.25) is 0 Å². The number of rotatable bonds is 27. The molecule has 2 aromatic heterocycles. The normalized spacial score (nSPS) is 10.9. The third-order valence-corrected chi connectivity index (χ3v) is 6.59. The molecule has 272 valence electrons. The summed E-state index contributed by atoms with van der Waals surface area (Å²) in [5.41, 5.74) is 7.12. The van der Waals surface area contributed by atoms with Crippen LogP contribution in [-0.4, -0.2) is 124 Å². The first-order chi connectivity index (χ1) is 24.5. The third-order valence-electron chi connectivity index (χ3n) is 6.59. The number of terminal acetylenes is 1. The van der Waals surface area contributed by atoms with E-state index in [0.29, 0.717) is 110 Å². The minimum absolute atomic E-state index is 0.0230. The fraction of sp³-hybridized carbons (Fsp3) is 0.515. The van der Waals surface area contributed by atoms with Gasteiger partial charge >= 0.3 is 0 Å². The van der Waals surface area contributed by atoms with Crippen LogP contribution in [0.5, 0.6) is 0 Å². The maximum Gasteiger partial charge on any atom is 0.280 e. The molecule has 0 spiro atoms. The van der Waals surface area contributed by atoms with Gasteiger partial charge in [0.1, 0.15) is 6.61 Å². The standard InChI is InChI=1S/C33H46N8O9/c1-2-11-45-13-15-47-17-19-49-21-22-50-20-18-48-16-14-46-12-10-35-28(42)4-3-9-36-31(43)25-5-7-26(8-6-25)37-23-27-24-38-30-29(39-27)32(44)41-33(34)40-30/h1,5-8,24,37H,3-4,9-23H2,(H,35,42)(H,36,43)(H3,34,38,40,41,44). The van der Waals surface area contributed by atoms with Gasteiger partial charge in [-0.05, 0) is 30.7 Å². The van der Waals surface area contributed by atoms with Crippen molar-refractivity contribution < 1.29 is 38.0 Å². The molecular formula is C33H46N8O9. The Bertz CT molecular complexity index is 1530.